The van der Waals surface area contributed by atoms with Gasteiger partial charge in [0.15, 0.2) is 0 Å². The molecule has 0 aliphatic heterocycles. The van der Waals surface area contributed by atoms with Gasteiger partial charge in [0.05, 0.1) is 0 Å². The van der Waals surface area contributed by atoms with Crippen LogP contribution in [0.4, 0.5) is 4.79 Å². The number of aliphatic hydroxyl groups is 1. The third kappa shape index (κ3) is 5.47. The van der Waals surface area contributed by atoms with Crippen molar-refractivity contribution in [1.82, 2.24) is 10.2 Å². The summed E-state index contributed by atoms with van der Waals surface area (Å²) in [5.74, 6) is 0. The van der Waals surface area contributed by atoms with Gasteiger partial charge in [-0.25, -0.2) is 4.79 Å². The number of carbonyl (C=O) groups is 1. The number of urea groups is 1. The average molecular weight is 188 g/mol. The van der Waals surface area contributed by atoms with Crippen molar-refractivity contribution < 1.29 is 9.90 Å². The van der Waals surface area contributed by atoms with Crippen molar-refractivity contribution in [3.8, 4) is 0 Å². The maximum absolute atomic E-state index is 11.3. The molecular formula is C9H20N2O2. The summed E-state index contributed by atoms with van der Waals surface area (Å²) in [4.78, 5) is 12.9. The molecule has 0 bridgehead atoms. The van der Waals surface area contributed by atoms with Gasteiger partial charge < -0.3 is 15.3 Å². The molecular weight excluding hydrogens is 168 g/mol. The largest absolute Gasteiger partial charge is 0.396 e. The van der Waals surface area contributed by atoms with Crippen LogP contribution in [0.25, 0.3) is 0 Å². The van der Waals surface area contributed by atoms with E-state index in [-0.39, 0.29) is 18.7 Å². The smallest absolute Gasteiger partial charge is 0.317 e. The molecule has 0 heterocycles. The summed E-state index contributed by atoms with van der Waals surface area (Å²) in [5, 5.41) is 11.4. The maximum Gasteiger partial charge on any atom is 0.317 e. The summed E-state index contributed by atoms with van der Waals surface area (Å²) in [5.41, 5.74) is 0. The van der Waals surface area contributed by atoms with Crippen molar-refractivity contribution in [2.75, 3.05) is 20.2 Å². The van der Waals surface area contributed by atoms with Gasteiger partial charge in [0.1, 0.15) is 0 Å². The Labute approximate surface area is 79.9 Å². The normalized spacial score (nSPS) is 12.3. The zero-order valence-electron chi connectivity index (χ0n) is 8.71. The van der Waals surface area contributed by atoms with Crippen molar-refractivity contribution in [3.63, 3.8) is 0 Å². The van der Waals surface area contributed by atoms with Gasteiger partial charge in [0, 0.05) is 26.2 Å². The number of nitrogens with one attached hydrogen (secondary N) is 1. The molecule has 0 aromatic rings. The first-order valence-corrected chi connectivity index (χ1v) is 4.74. The molecule has 0 aliphatic rings. The van der Waals surface area contributed by atoms with Crippen LogP contribution in [0, 0.1) is 0 Å². The van der Waals surface area contributed by atoms with Crippen molar-refractivity contribution in [2.45, 2.75) is 32.7 Å². The number of hydrogen-bond acceptors (Lipinski definition) is 2. The number of hydrogen-bond donors (Lipinski definition) is 2. The van der Waals surface area contributed by atoms with E-state index in [9.17, 15) is 4.79 Å². The lowest BCUT2D eigenvalue weighted by molar-refractivity contribution is 0.205. The molecule has 0 aromatic carbocycles. The highest BCUT2D eigenvalue weighted by molar-refractivity contribution is 5.74. The Kier molecular flexibility index (Phi) is 6.32. The van der Waals surface area contributed by atoms with E-state index >= 15 is 0 Å². The molecule has 0 saturated heterocycles. The van der Waals surface area contributed by atoms with Crippen molar-refractivity contribution in [2.24, 2.45) is 0 Å². The minimum atomic E-state index is -0.0482. The van der Waals surface area contributed by atoms with Gasteiger partial charge in [0.25, 0.3) is 0 Å². The zero-order valence-corrected chi connectivity index (χ0v) is 8.71. The summed E-state index contributed by atoms with van der Waals surface area (Å²) in [6.45, 7) is 4.76. The van der Waals surface area contributed by atoms with Crippen LogP contribution in [-0.2, 0) is 0 Å². The highest BCUT2D eigenvalue weighted by atomic mass is 16.3. The standard InChI is InChI=1S/C9H20N2O2/c1-4-11(3)9(13)10-8(2)6-5-7-12/h8,12H,4-7H2,1-3H3,(H,10,13). The Morgan fingerprint density at radius 3 is 2.69 bits per heavy atom. The third-order valence-electron chi connectivity index (χ3n) is 1.99. The van der Waals surface area contributed by atoms with Crippen LogP contribution in [0.1, 0.15) is 26.7 Å². The summed E-state index contributed by atoms with van der Waals surface area (Å²) >= 11 is 0. The van der Waals surface area contributed by atoms with E-state index in [2.05, 4.69) is 5.32 Å². The van der Waals surface area contributed by atoms with Gasteiger partial charge in [-0.2, -0.15) is 0 Å². The Morgan fingerprint density at radius 1 is 1.62 bits per heavy atom. The van der Waals surface area contributed by atoms with Gasteiger partial charge >= 0.3 is 6.03 Å². The number of amides is 2. The Hall–Kier alpha value is -0.770. The van der Waals surface area contributed by atoms with Crippen LogP contribution in [0.2, 0.25) is 0 Å². The topological polar surface area (TPSA) is 52.6 Å². The molecule has 0 saturated carbocycles. The van der Waals surface area contributed by atoms with Crippen LogP contribution in [0.5, 0.6) is 0 Å². The fourth-order valence-corrected chi connectivity index (χ4v) is 0.934. The first-order valence-electron chi connectivity index (χ1n) is 4.74. The molecule has 0 fully saturated rings. The van der Waals surface area contributed by atoms with Crippen LogP contribution in [0.15, 0.2) is 0 Å². The molecule has 4 heteroatoms. The first kappa shape index (κ1) is 12.2. The van der Waals surface area contributed by atoms with Crippen LogP contribution >= 0.6 is 0 Å². The van der Waals surface area contributed by atoms with E-state index in [0.29, 0.717) is 6.54 Å². The molecule has 0 radical (unpaired) electrons. The van der Waals surface area contributed by atoms with Crippen molar-refractivity contribution >= 4 is 6.03 Å². The molecule has 0 spiro atoms. The molecule has 2 N–H and O–H groups in total. The maximum atomic E-state index is 11.3. The number of nitrogens with zero attached hydrogens (tertiary/aromatic N) is 1. The number of aliphatic hydroxyl groups excluding tert-OH is 1. The quantitative estimate of drug-likeness (QED) is 0.670. The number of carbonyl (C=O) groups excluding carboxylic acids is 1. The lowest BCUT2D eigenvalue weighted by Gasteiger charge is -2.19. The first-order chi connectivity index (χ1) is 6.11. The molecule has 2 amide bonds. The van der Waals surface area contributed by atoms with E-state index in [1.165, 1.54) is 0 Å². The number of rotatable bonds is 5. The van der Waals surface area contributed by atoms with Crippen molar-refractivity contribution in [3.05, 3.63) is 0 Å². The van der Waals surface area contributed by atoms with E-state index in [0.717, 1.165) is 12.8 Å². The highest BCUT2D eigenvalue weighted by Crippen LogP contribution is 1.96. The predicted octanol–water partition coefficient (Wildman–Crippen LogP) is 0.809. The van der Waals surface area contributed by atoms with Gasteiger partial charge in [-0.1, -0.05) is 0 Å². The monoisotopic (exact) mass is 188 g/mol. The third-order valence-corrected chi connectivity index (χ3v) is 1.99. The van der Waals surface area contributed by atoms with Gasteiger partial charge in [-0.15, -0.1) is 0 Å². The Bertz CT molecular complexity index is 151. The molecule has 13 heavy (non-hydrogen) atoms. The van der Waals surface area contributed by atoms with Gasteiger partial charge in [0.2, 0.25) is 0 Å². The predicted molar refractivity (Wildman–Crippen MR) is 52.6 cm³/mol. The molecule has 0 aromatic heterocycles. The van der Waals surface area contributed by atoms with Crippen LogP contribution < -0.4 is 5.32 Å². The molecule has 4 nitrogen and oxygen atoms in total. The second kappa shape index (κ2) is 6.71. The lowest BCUT2D eigenvalue weighted by Crippen LogP contribution is -2.41. The summed E-state index contributed by atoms with van der Waals surface area (Å²) in [6.07, 6.45) is 1.55. The molecule has 78 valence electrons. The van der Waals surface area contributed by atoms with E-state index in [1.807, 2.05) is 13.8 Å². The van der Waals surface area contributed by atoms with Gasteiger partial charge in [-0.05, 0) is 26.7 Å². The zero-order chi connectivity index (χ0) is 10.3. The second-order valence-electron chi connectivity index (χ2n) is 3.23. The Morgan fingerprint density at radius 2 is 2.23 bits per heavy atom. The van der Waals surface area contributed by atoms with E-state index < -0.39 is 0 Å². The molecule has 1 unspecified atom stereocenters. The average Bonchev–Trinajstić information content (AvgIpc) is 2.13. The van der Waals surface area contributed by atoms with E-state index in [4.69, 9.17) is 5.11 Å². The van der Waals surface area contributed by atoms with Crippen LogP contribution in [-0.4, -0.2) is 42.3 Å². The molecule has 1 atom stereocenters. The van der Waals surface area contributed by atoms with Crippen LogP contribution in [0.3, 0.4) is 0 Å². The Balaban J connectivity index is 3.64. The van der Waals surface area contributed by atoms with Crippen molar-refractivity contribution in [1.29, 1.82) is 0 Å². The minimum Gasteiger partial charge on any atom is -0.396 e. The summed E-state index contributed by atoms with van der Waals surface area (Å²) < 4.78 is 0. The SMILES string of the molecule is CCN(C)C(=O)NC(C)CCCO. The highest BCUT2D eigenvalue weighted by Gasteiger charge is 2.09. The second-order valence-corrected chi connectivity index (χ2v) is 3.23. The van der Waals surface area contributed by atoms with E-state index in [1.54, 1.807) is 11.9 Å². The fourth-order valence-electron chi connectivity index (χ4n) is 0.934. The minimum absolute atomic E-state index is 0.0482. The summed E-state index contributed by atoms with van der Waals surface area (Å²) in [6, 6.07) is 0.0848. The molecule has 0 rings (SSSR count). The van der Waals surface area contributed by atoms with Gasteiger partial charge in [-0.3, -0.25) is 0 Å². The molecule has 0 aliphatic carbocycles. The fraction of sp³-hybridized carbons (Fsp3) is 0.889. The summed E-state index contributed by atoms with van der Waals surface area (Å²) in [7, 11) is 1.76. The lowest BCUT2D eigenvalue weighted by atomic mass is 10.2.